The van der Waals surface area contributed by atoms with Gasteiger partial charge in [0.1, 0.15) is 10.7 Å². The first-order chi connectivity index (χ1) is 11.3. The summed E-state index contributed by atoms with van der Waals surface area (Å²) in [5, 5.41) is 12.6. The predicted octanol–water partition coefficient (Wildman–Crippen LogP) is 1.95. The molecule has 3 aliphatic rings. The molecule has 0 aromatic carbocycles. The molecule has 2 aromatic rings. The summed E-state index contributed by atoms with van der Waals surface area (Å²) >= 11 is 1.50. The van der Waals surface area contributed by atoms with E-state index in [1.807, 2.05) is 10.3 Å². The van der Waals surface area contributed by atoms with Crippen LogP contribution in [0.1, 0.15) is 0 Å². The van der Waals surface area contributed by atoms with E-state index >= 15 is 0 Å². The van der Waals surface area contributed by atoms with Gasteiger partial charge in [0.15, 0.2) is 0 Å². The summed E-state index contributed by atoms with van der Waals surface area (Å²) in [7, 11) is 0. The number of amides is 2. The topological polar surface area (TPSA) is 83.1 Å². The molecule has 23 heavy (non-hydrogen) atoms. The van der Waals surface area contributed by atoms with E-state index in [4.69, 9.17) is 4.74 Å². The van der Waals surface area contributed by atoms with Crippen LogP contribution in [0.2, 0.25) is 0 Å². The highest BCUT2D eigenvalue weighted by atomic mass is 32.1. The maximum Gasteiger partial charge on any atom is 0.321 e. The van der Waals surface area contributed by atoms with Crippen LogP contribution in [-0.4, -0.2) is 51.4 Å². The zero-order chi connectivity index (χ0) is 15.4. The van der Waals surface area contributed by atoms with Crippen LogP contribution in [0.15, 0.2) is 29.9 Å². The first-order valence-corrected chi connectivity index (χ1v) is 8.50. The Balaban J connectivity index is 1.31. The predicted molar refractivity (Wildman–Crippen MR) is 85.1 cm³/mol. The van der Waals surface area contributed by atoms with Crippen molar-refractivity contribution >= 4 is 23.1 Å². The number of nitrogens with one attached hydrogen (secondary N) is 2. The van der Waals surface area contributed by atoms with Gasteiger partial charge in [0.25, 0.3) is 0 Å². The van der Waals surface area contributed by atoms with E-state index in [0.717, 1.165) is 23.8 Å². The van der Waals surface area contributed by atoms with Crippen LogP contribution in [0.3, 0.4) is 0 Å². The standard InChI is InChI=1S/C15H15N5O2S/c21-15(18-10-5-17-19-13(10)14-16-3-4-23-14)20-6-8-9(7-20)12-2-1-11(8)22-12/h1-5,8-9,11-12H,6-7H2,(H,17,19)(H,18,21). The number of hydrogen-bond acceptors (Lipinski definition) is 5. The molecule has 2 aromatic heterocycles. The van der Waals surface area contributed by atoms with Gasteiger partial charge < -0.3 is 15.0 Å². The van der Waals surface area contributed by atoms with Gasteiger partial charge in [-0.15, -0.1) is 11.3 Å². The molecular weight excluding hydrogens is 314 g/mol. The second-order valence-electron chi connectivity index (χ2n) is 6.11. The fourth-order valence-electron chi connectivity index (χ4n) is 3.78. The second kappa shape index (κ2) is 4.90. The minimum absolute atomic E-state index is 0.0852. The molecule has 5 rings (SSSR count). The highest BCUT2D eigenvalue weighted by molar-refractivity contribution is 7.13. The molecule has 0 aliphatic carbocycles. The monoisotopic (exact) mass is 329 g/mol. The number of H-pyrrole nitrogens is 1. The van der Waals surface area contributed by atoms with Crippen LogP contribution in [0.4, 0.5) is 10.5 Å². The number of aromatic nitrogens is 3. The van der Waals surface area contributed by atoms with Crippen molar-refractivity contribution in [1.82, 2.24) is 20.1 Å². The van der Waals surface area contributed by atoms with Gasteiger partial charge >= 0.3 is 6.03 Å². The fraction of sp³-hybridized carbons (Fsp3) is 0.400. The van der Waals surface area contributed by atoms with Gasteiger partial charge in [-0.05, 0) is 0 Å². The molecule has 5 heterocycles. The largest absolute Gasteiger partial charge is 0.366 e. The van der Waals surface area contributed by atoms with E-state index in [2.05, 4.69) is 32.7 Å². The van der Waals surface area contributed by atoms with Gasteiger partial charge in [0, 0.05) is 36.5 Å². The zero-order valence-corrected chi connectivity index (χ0v) is 13.0. The number of thiazole rings is 1. The summed E-state index contributed by atoms with van der Waals surface area (Å²) in [6.45, 7) is 1.49. The third-order valence-corrected chi connectivity index (χ3v) is 5.67. The Morgan fingerprint density at radius 2 is 2.13 bits per heavy atom. The van der Waals surface area contributed by atoms with E-state index in [0.29, 0.717) is 17.5 Å². The molecule has 4 unspecified atom stereocenters. The maximum atomic E-state index is 12.6. The third kappa shape index (κ3) is 2.02. The first kappa shape index (κ1) is 13.3. The van der Waals surface area contributed by atoms with Crippen molar-refractivity contribution in [3.8, 4) is 10.7 Å². The summed E-state index contributed by atoms with van der Waals surface area (Å²) in [6.07, 6.45) is 7.98. The van der Waals surface area contributed by atoms with E-state index in [9.17, 15) is 4.79 Å². The molecule has 7 nitrogen and oxygen atoms in total. The van der Waals surface area contributed by atoms with Crippen LogP contribution in [0, 0.1) is 11.8 Å². The minimum atomic E-state index is -0.0852. The van der Waals surface area contributed by atoms with Crippen molar-refractivity contribution in [2.24, 2.45) is 11.8 Å². The van der Waals surface area contributed by atoms with Gasteiger partial charge in [-0.2, -0.15) is 5.10 Å². The van der Waals surface area contributed by atoms with Crippen LogP contribution in [-0.2, 0) is 4.74 Å². The summed E-state index contributed by atoms with van der Waals surface area (Å²) in [5.74, 6) is 0.858. The number of urea groups is 1. The number of carbonyl (C=O) groups excluding carboxylic acids is 1. The molecule has 4 atom stereocenters. The van der Waals surface area contributed by atoms with Gasteiger partial charge in [-0.3, -0.25) is 5.10 Å². The Kier molecular flexibility index (Phi) is 2.83. The number of likely N-dealkylation sites (tertiary alicyclic amines) is 1. The normalized spacial score (nSPS) is 30.9. The van der Waals surface area contributed by atoms with Crippen LogP contribution in [0.5, 0.6) is 0 Å². The van der Waals surface area contributed by atoms with Crippen LogP contribution in [0.25, 0.3) is 10.7 Å². The second-order valence-corrected chi connectivity index (χ2v) is 7.00. The van der Waals surface area contributed by atoms with Crippen molar-refractivity contribution in [1.29, 1.82) is 0 Å². The van der Waals surface area contributed by atoms with Crippen molar-refractivity contribution in [3.63, 3.8) is 0 Å². The van der Waals surface area contributed by atoms with E-state index in [-0.39, 0.29) is 18.2 Å². The number of ether oxygens (including phenoxy) is 1. The van der Waals surface area contributed by atoms with E-state index in [1.54, 1.807) is 12.4 Å². The lowest BCUT2D eigenvalue weighted by molar-refractivity contribution is 0.0892. The van der Waals surface area contributed by atoms with E-state index in [1.165, 1.54) is 11.3 Å². The van der Waals surface area contributed by atoms with Gasteiger partial charge in [-0.25, -0.2) is 9.78 Å². The lowest BCUT2D eigenvalue weighted by Crippen LogP contribution is -2.35. The molecule has 2 fully saturated rings. The Morgan fingerprint density at radius 3 is 2.83 bits per heavy atom. The number of aromatic amines is 1. The molecule has 118 valence electrons. The Hall–Kier alpha value is -2.19. The minimum Gasteiger partial charge on any atom is -0.366 e. The summed E-state index contributed by atoms with van der Waals surface area (Å²) in [6, 6.07) is -0.0852. The number of hydrogen-bond donors (Lipinski definition) is 2. The maximum absolute atomic E-state index is 12.6. The van der Waals surface area contributed by atoms with Crippen LogP contribution < -0.4 is 5.32 Å². The molecule has 0 radical (unpaired) electrons. The molecule has 0 spiro atoms. The van der Waals surface area contributed by atoms with Crippen molar-refractivity contribution in [3.05, 3.63) is 29.9 Å². The number of fused-ring (bicyclic) bond motifs is 5. The fourth-order valence-corrected chi connectivity index (χ4v) is 4.42. The Morgan fingerprint density at radius 1 is 1.35 bits per heavy atom. The molecule has 2 amide bonds. The molecule has 8 heteroatoms. The van der Waals surface area contributed by atoms with Gasteiger partial charge in [0.2, 0.25) is 0 Å². The molecule has 0 saturated carbocycles. The quantitative estimate of drug-likeness (QED) is 0.825. The summed E-state index contributed by atoms with van der Waals surface area (Å²) < 4.78 is 5.85. The van der Waals surface area contributed by atoms with Crippen molar-refractivity contribution < 1.29 is 9.53 Å². The van der Waals surface area contributed by atoms with E-state index < -0.39 is 0 Å². The zero-order valence-electron chi connectivity index (χ0n) is 12.2. The highest BCUT2D eigenvalue weighted by Crippen LogP contribution is 2.43. The Labute approximate surface area is 136 Å². The average molecular weight is 329 g/mol. The lowest BCUT2D eigenvalue weighted by Gasteiger charge is -2.19. The van der Waals surface area contributed by atoms with Crippen molar-refractivity contribution in [2.45, 2.75) is 12.2 Å². The summed E-state index contributed by atoms with van der Waals surface area (Å²) in [4.78, 5) is 18.7. The lowest BCUT2D eigenvalue weighted by atomic mass is 9.86. The number of carbonyl (C=O) groups is 1. The SMILES string of the molecule is O=C(Nc1cn[nH]c1-c1nccs1)N1CC2C3C=CC(O3)C2C1. The average Bonchev–Trinajstić information content (AvgIpc) is 3.31. The smallest absolute Gasteiger partial charge is 0.321 e. The summed E-state index contributed by atoms with van der Waals surface area (Å²) in [5.41, 5.74) is 1.41. The van der Waals surface area contributed by atoms with Gasteiger partial charge in [0.05, 0.1) is 24.1 Å². The molecule has 2 saturated heterocycles. The number of nitrogens with zero attached hydrogens (tertiary/aromatic N) is 3. The molecular formula is C15H15N5O2S. The number of rotatable bonds is 2. The Bertz CT molecular complexity index is 751. The molecule has 2 N–H and O–H groups in total. The molecule has 2 bridgehead atoms. The van der Waals surface area contributed by atoms with Gasteiger partial charge in [-0.1, -0.05) is 12.2 Å². The number of anilines is 1. The molecule has 3 aliphatic heterocycles. The first-order valence-electron chi connectivity index (χ1n) is 7.62. The van der Waals surface area contributed by atoms with Crippen LogP contribution >= 0.6 is 11.3 Å². The van der Waals surface area contributed by atoms with Crippen molar-refractivity contribution in [2.75, 3.05) is 18.4 Å². The highest BCUT2D eigenvalue weighted by Gasteiger charge is 2.51. The third-order valence-electron chi connectivity index (χ3n) is 4.88.